The third-order valence-electron chi connectivity index (χ3n) is 4.11. The standard InChI is InChI=1S/C14H13F9O4S2/c15-11(16,13(19,20)21)12(17,18)14(22,23)29(25,26)27-28(7-1-2-8-28)10-5-3-9(24)4-6-10/h3-6,24H,1-2,7-8H2. The number of hydrogen-bond acceptors (Lipinski definition) is 4. The van der Waals surface area contributed by atoms with Gasteiger partial charge in [0.2, 0.25) is 0 Å². The van der Waals surface area contributed by atoms with E-state index in [9.17, 15) is 53.0 Å². The van der Waals surface area contributed by atoms with Crippen LogP contribution in [0.1, 0.15) is 12.8 Å². The van der Waals surface area contributed by atoms with Gasteiger partial charge in [-0.1, -0.05) is 10.3 Å². The zero-order chi connectivity index (χ0) is 22.5. The van der Waals surface area contributed by atoms with E-state index in [1.165, 1.54) is 0 Å². The summed E-state index contributed by atoms with van der Waals surface area (Å²) in [6, 6.07) is 4.16. The average molecular weight is 480 g/mol. The predicted molar refractivity (Wildman–Crippen MR) is 83.8 cm³/mol. The van der Waals surface area contributed by atoms with Crippen molar-refractivity contribution < 1.29 is 56.7 Å². The fourth-order valence-corrected chi connectivity index (χ4v) is 8.20. The van der Waals surface area contributed by atoms with Crippen LogP contribution >= 0.6 is 10.3 Å². The van der Waals surface area contributed by atoms with Crippen LogP contribution in [0.4, 0.5) is 39.5 Å². The van der Waals surface area contributed by atoms with E-state index in [1.54, 1.807) is 0 Å². The normalized spacial score (nSPS) is 19.9. The first kappa shape index (κ1) is 23.9. The molecular formula is C14H13F9O4S2. The van der Waals surface area contributed by atoms with Crippen LogP contribution in [0.2, 0.25) is 0 Å². The average Bonchev–Trinajstić information content (AvgIpc) is 3.02. The number of phenolic OH excluding ortho intramolecular Hbond substituents is 1. The minimum atomic E-state index is -7.35. The molecule has 0 aliphatic carbocycles. The summed E-state index contributed by atoms with van der Waals surface area (Å²) >= 11 is 0. The SMILES string of the molecule is O=S(=O)(OS1(c2ccc(O)cc2)CCCC1)C(F)(F)C(F)(F)C(F)(F)C(F)(F)F. The van der Waals surface area contributed by atoms with Crippen LogP contribution in [0.3, 0.4) is 0 Å². The molecule has 0 spiro atoms. The second-order valence-electron chi connectivity index (χ2n) is 6.11. The maximum absolute atomic E-state index is 13.9. The lowest BCUT2D eigenvalue weighted by atomic mass is 10.1. The molecule has 1 aliphatic rings. The Labute approximate surface area is 160 Å². The summed E-state index contributed by atoms with van der Waals surface area (Å²) in [4.78, 5) is -0.0851. The maximum Gasteiger partial charge on any atom is 0.460 e. The molecule has 4 nitrogen and oxygen atoms in total. The number of benzene rings is 1. The highest BCUT2D eigenvalue weighted by atomic mass is 32.3. The highest BCUT2D eigenvalue weighted by Crippen LogP contribution is 2.65. The minimum Gasteiger partial charge on any atom is -0.508 e. The Morgan fingerprint density at radius 2 is 1.28 bits per heavy atom. The van der Waals surface area contributed by atoms with Crippen LogP contribution < -0.4 is 0 Å². The van der Waals surface area contributed by atoms with E-state index in [0.29, 0.717) is 0 Å². The molecule has 0 saturated carbocycles. The largest absolute Gasteiger partial charge is 0.508 e. The van der Waals surface area contributed by atoms with Crippen molar-refractivity contribution >= 4 is 20.4 Å². The van der Waals surface area contributed by atoms with Gasteiger partial charge in [0.15, 0.2) is 0 Å². The second kappa shape index (κ2) is 7.11. The van der Waals surface area contributed by atoms with Crippen LogP contribution in [0.5, 0.6) is 5.75 Å². The van der Waals surface area contributed by atoms with E-state index < -0.39 is 43.7 Å². The molecule has 0 unspecified atom stereocenters. The van der Waals surface area contributed by atoms with Gasteiger partial charge in [-0.3, -0.25) is 0 Å². The molecule has 1 aromatic rings. The fraction of sp³-hybridized carbons (Fsp3) is 0.571. The van der Waals surface area contributed by atoms with Gasteiger partial charge < -0.3 is 5.11 Å². The van der Waals surface area contributed by atoms with Gasteiger partial charge in [0.1, 0.15) is 5.75 Å². The van der Waals surface area contributed by atoms with Crippen molar-refractivity contribution in [2.24, 2.45) is 0 Å². The molecule has 0 bridgehead atoms. The first-order chi connectivity index (χ1) is 12.9. The highest BCUT2D eigenvalue weighted by Gasteiger charge is 2.86. The number of phenols is 1. The highest BCUT2D eigenvalue weighted by molar-refractivity contribution is 8.33. The molecule has 0 atom stereocenters. The summed E-state index contributed by atoms with van der Waals surface area (Å²) in [6.45, 7) is 0. The lowest BCUT2D eigenvalue weighted by Crippen LogP contribution is -2.63. The number of alkyl halides is 9. The number of rotatable bonds is 6. The molecule has 1 fully saturated rings. The quantitative estimate of drug-likeness (QED) is 0.580. The van der Waals surface area contributed by atoms with Gasteiger partial charge in [0.05, 0.1) is 0 Å². The molecular weight excluding hydrogens is 467 g/mol. The molecule has 0 radical (unpaired) electrons. The molecule has 1 heterocycles. The smallest absolute Gasteiger partial charge is 0.460 e. The summed E-state index contributed by atoms with van der Waals surface area (Å²) in [6.07, 6.45) is -6.75. The second-order valence-corrected chi connectivity index (χ2v) is 11.0. The fourth-order valence-electron chi connectivity index (χ4n) is 2.54. The lowest BCUT2D eigenvalue weighted by Gasteiger charge is -2.38. The van der Waals surface area contributed by atoms with Crippen molar-refractivity contribution in [1.82, 2.24) is 0 Å². The van der Waals surface area contributed by atoms with E-state index in [0.717, 1.165) is 24.3 Å². The Bertz CT molecular complexity index is 845. The van der Waals surface area contributed by atoms with Crippen molar-refractivity contribution in [2.75, 3.05) is 11.5 Å². The van der Waals surface area contributed by atoms with Crippen LogP contribution in [-0.2, 0) is 13.7 Å². The lowest BCUT2D eigenvalue weighted by molar-refractivity contribution is -0.382. The molecule has 1 N–H and O–H groups in total. The van der Waals surface area contributed by atoms with Gasteiger partial charge in [0.25, 0.3) is 0 Å². The first-order valence-electron chi connectivity index (χ1n) is 7.65. The maximum atomic E-state index is 13.9. The third kappa shape index (κ3) is 3.76. The van der Waals surface area contributed by atoms with Crippen LogP contribution in [0, 0.1) is 0 Å². The molecule has 168 valence electrons. The summed E-state index contributed by atoms with van der Waals surface area (Å²) in [7, 11) is -10.2. The number of hydrogen-bond donors (Lipinski definition) is 1. The molecule has 0 aromatic heterocycles. The van der Waals surface area contributed by atoms with Crippen molar-refractivity contribution in [3.8, 4) is 5.75 Å². The molecule has 1 aromatic carbocycles. The topological polar surface area (TPSA) is 63.6 Å². The number of aromatic hydroxyl groups is 1. The van der Waals surface area contributed by atoms with Crippen molar-refractivity contribution in [3.63, 3.8) is 0 Å². The van der Waals surface area contributed by atoms with Gasteiger partial charge >= 0.3 is 33.4 Å². The molecule has 15 heteroatoms. The van der Waals surface area contributed by atoms with E-state index >= 15 is 0 Å². The molecule has 2 rings (SSSR count). The van der Waals surface area contributed by atoms with E-state index in [2.05, 4.69) is 3.63 Å². The minimum absolute atomic E-state index is 0.0851. The van der Waals surface area contributed by atoms with Gasteiger partial charge in [-0.15, -0.1) is 0 Å². The first-order valence-corrected chi connectivity index (χ1v) is 11.0. The van der Waals surface area contributed by atoms with Crippen LogP contribution in [0.15, 0.2) is 29.2 Å². The summed E-state index contributed by atoms with van der Waals surface area (Å²) in [5.74, 6) is -15.5. The van der Waals surface area contributed by atoms with Gasteiger partial charge in [-0.05, 0) is 37.1 Å². The van der Waals surface area contributed by atoms with E-state index in [1.807, 2.05) is 0 Å². The molecule has 1 saturated heterocycles. The number of halogens is 9. The Morgan fingerprint density at radius 1 is 0.828 bits per heavy atom. The van der Waals surface area contributed by atoms with Gasteiger partial charge in [-0.25, -0.2) is 3.63 Å². The monoisotopic (exact) mass is 480 g/mol. The van der Waals surface area contributed by atoms with Crippen LogP contribution in [-0.4, -0.2) is 48.3 Å². The summed E-state index contributed by atoms with van der Waals surface area (Å²) in [5, 5.41) is 2.37. The van der Waals surface area contributed by atoms with Crippen molar-refractivity contribution in [2.45, 2.75) is 41.0 Å². The zero-order valence-corrected chi connectivity index (χ0v) is 15.7. The van der Waals surface area contributed by atoms with Crippen molar-refractivity contribution in [1.29, 1.82) is 0 Å². The Balaban J connectivity index is 2.51. The zero-order valence-electron chi connectivity index (χ0n) is 14.0. The predicted octanol–water partition coefficient (Wildman–Crippen LogP) is 5.04. The Morgan fingerprint density at radius 3 is 1.69 bits per heavy atom. The Kier molecular flexibility index (Phi) is 5.87. The summed E-state index contributed by atoms with van der Waals surface area (Å²) in [5.41, 5.74) is 0. The molecule has 1 aliphatic heterocycles. The van der Waals surface area contributed by atoms with Gasteiger partial charge in [-0.2, -0.15) is 47.9 Å². The van der Waals surface area contributed by atoms with Gasteiger partial charge in [0, 0.05) is 16.4 Å². The Hall–Kier alpha value is -1.35. The summed E-state index contributed by atoms with van der Waals surface area (Å²) < 4.78 is 146. The molecule has 0 amide bonds. The van der Waals surface area contributed by atoms with E-state index in [4.69, 9.17) is 0 Å². The van der Waals surface area contributed by atoms with Crippen LogP contribution in [0.25, 0.3) is 0 Å². The third-order valence-corrected chi connectivity index (χ3v) is 9.78. The molecule has 29 heavy (non-hydrogen) atoms. The van der Waals surface area contributed by atoms with Crippen molar-refractivity contribution in [3.05, 3.63) is 24.3 Å². The van der Waals surface area contributed by atoms with E-state index in [-0.39, 0.29) is 35.0 Å².